The predicted molar refractivity (Wildman–Crippen MR) is 55.1 cm³/mol. The molecule has 1 heterocycles. The molecule has 1 aromatic heterocycles. The monoisotopic (exact) mass is 313 g/mol. The van der Waals surface area contributed by atoms with Gasteiger partial charge in [-0.25, -0.2) is 10.8 Å². The molecule has 0 spiro atoms. The zero-order valence-corrected chi connectivity index (χ0v) is 9.80. The molecule has 9 heteroatoms. The standard InChI is InChI=1S/C8H7BrF3N3O2/c9-5-4(17-3-8(10,11)12)1-2-14-6(5)7(16)15-13/h1-2H,3,13H2,(H,15,16). The van der Waals surface area contributed by atoms with Crippen LogP contribution in [0.25, 0.3) is 0 Å². The van der Waals surface area contributed by atoms with Gasteiger partial charge in [-0.05, 0) is 22.0 Å². The first-order chi connectivity index (χ1) is 7.85. The molecule has 17 heavy (non-hydrogen) atoms. The number of nitrogen functional groups attached to an aromatic ring is 1. The molecule has 0 fully saturated rings. The van der Waals surface area contributed by atoms with Crippen LogP contribution >= 0.6 is 15.9 Å². The first-order valence-electron chi connectivity index (χ1n) is 4.20. The summed E-state index contributed by atoms with van der Waals surface area (Å²) in [4.78, 5) is 14.8. The molecule has 0 aliphatic heterocycles. The van der Waals surface area contributed by atoms with E-state index < -0.39 is 18.7 Å². The van der Waals surface area contributed by atoms with Crippen molar-refractivity contribution in [3.63, 3.8) is 0 Å². The zero-order chi connectivity index (χ0) is 13.1. The number of carbonyl (C=O) groups is 1. The molecule has 5 nitrogen and oxygen atoms in total. The second-order valence-corrected chi connectivity index (χ2v) is 3.64. The Balaban J connectivity index is 2.91. The minimum absolute atomic E-state index is 0.00667. The molecule has 0 unspecified atom stereocenters. The fourth-order valence-electron chi connectivity index (χ4n) is 0.924. The summed E-state index contributed by atoms with van der Waals surface area (Å²) >= 11 is 2.92. The smallest absolute Gasteiger partial charge is 0.422 e. The van der Waals surface area contributed by atoms with Crippen LogP contribution in [0.1, 0.15) is 10.5 Å². The zero-order valence-electron chi connectivity index (χ0n) is 8.21. The van der Waals surface area contributed by atoms with Crippen molar-refractivity contribution in [3.8, 4) is 5.75 Å². The Bertz CT molecular complexity index is 425. The Morgan fingerprint density at radius 1 is 1.59 bits per heavy atom. The Kier molecular flexibility index (Phi) is 4.29. The van der Waals surface area contributed by atoms with Crippen LogP contribution < -0.4 is 16.0 Å². The number of nitrogens with two attached hydrogens (primary N) is 1. The maximum atomic E-state index is 11.9. The normalized spacial score (nSPS) is 11.1. The number of carbonyl (C=O) groups excluding carboxylic acids is 1. The number of hydrazine groups is 1. The maximum absolute atomic E-state index is 11.9. The predicted octanol–water partition coefficient (Wildman–Crippen LogP) is 1.39. The highest BCUT2D eigenvalue weighted by Crippen LogP contribution is 2.28. The fourth-order valence-corrected chi connectivity index (χ4v) is 1.45. The Morgan fingerprint density at radius 2 is 2.24 bits per heavy atom. The third-order valence-electron chi connectivity index (χ3n) is 1.59. The van der Waals surface area contributed by atoms with E-state index in [0.717, 1.165) is 6.20 Å². The van der Waals surface area contributed by atoms with E-state index in [1.54, 1.807) is 0 Å². The number of nitrogens with zero attached hydrogens (tertiary/aromatic N) is 1. The summed E-state index contributed by atoms with van der Waals surface area (Å²) in [6.07, 6.45) is -3.32. The van der Waals surface area contributed by atoms with Gasteiger partial charge in [0, 0.05) is 6.20 Å². The van der Waals surface area contributed by atoms with Crippen LogP contribution in [0.5, 0.6) is 5.75 Å². The highest BCUT2D eigenvalue weighted by atomic mass is 79.9. The molecule has 0 saturated carbocycles. The molecule has 94 valence electrons. The molecule has 0 bridgehead atoms. The van der Waals surface area contributed by atoms with Crippen LogP contribution in [-0.4, -0.2) is 23.7 Å². The molecule has 0 aromatic carbocycles. The van der Waals surface area contributed by atoms with Gasteiger partial charge < -0.3 is 4.74 Å². The molecule has 0 atom stereocenters. The second-order valence-electron chi connectivity index (χ2n) is 2.85. The minimum atomic E-state index is -4.46. The third kappa shape index (κ3) is 3.86. The van der Waals surface area contributed by atoms with E-state index >= 15 is 0 Å². The van der Waals surface area contributed by atoms with Crippen LogP contribution in [0, 0.1) is 0 Å². The number of rotatable bonds is 3. The summed E-state index contributed by atoms with van der Waals surface area (Å²) in [5.41, 5.74) is 1.65. The summed E-state index contributed by atoms with van der Waals surface area (Å²) in [5, 5.41) is 0. The molecule has 0 aliphatic rings. The molecular weight excluding hydrogens is 307 g/mol. The van der Waals surface area contributed by atoms with Crippen LogP contribution in [0.15, 0.2) is 16.7 Å². The Morgan fingerprint density at radius 3 is 2.76 bits per heavy atom. The van der Waals surface area contributed by atoms with E-state index in [4.69, 9.17) is 5.84 Å². The molecule has 0 aliphatic carbocycles. The average Bonchev–Trinajstić information content (AvgIpc) is 2.25. The van der Waals surface area contributed by atoms with E-state index in [0.29, 0.717) is 0 Å². The lowest BCUT2D eigenvalue weighted by molar-refractivity contribution is -0.153. The van der Waals surface area contributed by atoms with Gasteiger partial charge in [0.1, 0.15) is 11.4 Å². The van der Waals surface area contributed by atoms with Gasteiger partial charge in [0.15, 0.2) is 6.61 Å². The number of alkyl halides is 3. The van der Waals surface area contributed by atoms with Crippen molar-refractivity contribution in [3.05, 3.63) is 22.4 Å². The lowest BCUT2D eigenvalue weighted by Gasteiger charge is -2.11. The summed E-state index contributed by atoms with van der Waals surface area (Å²) in [5.74, 6) is 4.00. The SMILES string of the molecule is NNC(=O)c1nccc(OCC(F)(F)F)c1Br. The van der Waals surface area contributed by atoms with Crippen molar-refractivity contribution in [1.82, 2.24) is 10.4 Å². The minimum Gasteiger partial charge on any atom is -0.483 e. The quantitative estimate of drug-likeness (QED) is 0.502. The number of hydrogen-bond donors (Lipinski definition) is 2. The van der Waals surface area contributed by atoms with Gasteiger partial charge in [-0.1, -0.05) is 0 Å². The molecule has 1 amide bonds. The number of hydrogen-bond acceptors (Lipinski definition) is 4. The van der Waals surface area contributed by atoms with Crippen LogP contribution in [0.3, 0.4) is 0 Å². The molecule has 3 N–H and O–H groups in total. The highest BCUT2D eigenvalue weighted by Gasteiger charge is 2.29. The largest absolute Gasteiger partial charge is 0.483 e. The van der Waals surface area contributed by atoms with Crippen molar-refractivity contribution in [2.24, 2.45) is 5.84 Å². The van der Waals surface area contributed by atoms with Crippen molar-refractivity contribution in [1.29, 1.82) is 0 Å². The number of nitrogens with one attached hydrogen (secondary N) is 1. The number of amides is 1. The maximum Gasteiger partial charge on any atom is 0.422 e. The summed E-state index contributed by atoms with van der Waals surface area (Å²) < 4.78 is 40.3. The van der Waals surface area contributed by atoms with E-state index in [2.05, 4.69) is 25.7 Å². The van der Waals surface area contributed by atoms with Gasteiger partial charge in [0.05, 0.1) is 4.47 Å². The van der Waals surface area contributed by atoms with Crippen molar-refractivity contribution in [2.75, 3.05) is 6.61 Å². The van der Waals surface area contributed by atoms with Crippen molar-refractivity contribution >= 4 is 21.8 Å². The fraction of sp³-hybridized carbons (Fsp3) is 0.250. The number of ether oxygens (including phenoxy) is 1. The molecule has 0 saturated heterocycles. The first kappa shape index (κ1) is 13.7. The Labute approximate surface area is 102 Å². The van der Waals surface area contributed by atoms with Gasteiger partial charge in [-0.3, -0.25) is 10.2 Å². The van der Waals surface area contributed by atoms with Crippen molar-refractivity contribution in [2.45, 2.75) is 6.18 Å². The Hall–Kier alpha value is -1.35. The van der Waals surface area contributed by atoms with Gasteiger partial charge >= 0.3 is 6.18 Å². The van der Waals surface area contributed by atoms with E-state index in [-0.39, 0.29) is 15.9 Å². The first-order valence-corrected chi connectivity index (χ1v) is 4.99. The molecular formula is C8H7BrF3N3O2. The number of halogens is 4. The molecule has 0 radical (unpaired) electrons. The van der Waals surface area contributed by atoms with Crippen LogP contribution in [0.2, 0.25) is 0 Å². The van der Waals surface area contributed by atoms with Crippen LogP contribution in [0.4, 0.5) is 13.2 Å². The van der Waals surface area contributed by atoms with Gasteiger partial charge in [0.2, 0.25) is 0 Å². The lowest BCUT2D eigenvalue weighted by Crippen LogP contribution is -2.31. The van der Waals surface area contributed by atoms with Gasteiger partial charge in [0.25, 0.3) is 5.91 Å². The summed E-state index contributed by atoms with van der Waals surface area (Å²) in [6, 6.07) is 1.20. The number of aromatic nitrogens is 1. The molecule has 1 aromatic rings. The van der Waals surface area contributed by atoms with E-state index in [9.17, 15) is 18.0 Å². The third-order valence-corrected chi connectivity index (χ3v) is 2.36. The van der Waals surface area contributed by atoms with Crippen LogP contribution in [-0.2, 0) is 0 Å². The van der Waals surface area contributed by atoms with E-state index in [1.165, 1.54) is 6.07 Å². The average molecular weight is 314 g/mol. The summed E-state index contributed by atoms with van der Waals surface area (Å²) in [6.45, 7) is -1.46. The highest BCUT2D eigenvalue weighted by molar-refractivity contribution is 9.10. The summed E-state index contributed by atoms with van der Waals surface area (Å²) in [7, 11) is 0. The lowest BCUT2D eigenvalue weighted by atomic mass is 10.3. The second kappa shape index (κ2) is 5.32. The van der Waals surface area contributed by atoms with Gasteiger partial charge in [-0.2, -0.15) is 13.2 Å². The topological polar surface area (TPSA) is 77.2 Å². The van der Waals surface area contributed by atoms with Gasteiger partial charge in [-0.15, -0.1) is 0 Å². The van der Waals surface area contributed by atoms with E-state index in [1.807, 2.05) is 5.43 Å². The molecule has 1 rings (SSSR count). The van der Waals surface area contributed by atoms with Crippen molar-refractivity contribution < 1.29 is 22.7 Å². The number of pyridine rings is 1.